The van der Waals surface area contributed by atoms with Crippen molar-refractivity contribution in [3.05, 3.63) is 35.9 Å². The van der Waals surface area contributed by atoms with Gasteiger partial charge in [0.1, 0.15) is 6.54 Å². The molecule has 0 saturated heterocycles. The molecular formula is C21H26N+. The van der Waals surface area contributed by atoms with Crippen LogP contribution in [-0.2, 0) is 6.54 Å². The van der Waals surface area contributed by atoms with Gasteiger partial charge in [0.05, 0.1) is 19.0 Å². The van der Waals surface area contributed by atoms with E-state index >= 15 is 0 Å². The molecule has 1 rings (SSSR count). The second-order valence-electron chi connectivity index (χ2n) is 5.57. The first-order valence-corrected chi connectivity index (χ1v) is 8.14. The predicted molar refractivity (Wildman–Crippen MR) is 94.3 cm³/mol. The topological polar surface area (TPSA) is 0 Å². The summed E-state index contributed by atoms with van der Waals surface area (Å²) in [6.07, 6.45) is 9.87. The smallest absolute Gasteiger partial charge is 0.151 e. The number of unbranched alkanes of at least 4 members (excludes halogenated alkanes) is 2. The SMILES string of the molecule is C#CC#CC#C[N+](CCCC)(CCCC)Cc1ccccc1. The van der Waals surface area contributed by atoms with Gasteiger partial charge in [-0.3, -0.25) is 0 Å². The van der Waals surface area contributed by atoms with Crippen LogP contribution >= 0.6 is 0 Å². The van der Waals surface area contributed by atoms with Gasteiger partial charge in [0.2, 0.25) is 0 Å². The van der Waals surface area contributed by atoms with Crippen LogP contribution in [-0.4, -0.2) is 17.6 Å². The van der Waals surface area contributed by atoms with E-state index in [1.165, 1.54) is 31.2 Å². The summed E-state index contributed by atoms with van der Waals surface area (Å²) in [4.78, 5) is 0. The van der Waals surface area contributed by atoms with Crippen LogP contribution in [0.4, 0.5) is 0 Å². The zero-order valence-corrected chi connectivity index (χ0v) is 13.9. The van der Waals surface area contributed by atoms with E-state index in [4.69, 9.17) is 6.42 Å². The van der Waals surface area contributed by atoms with Crippen LogP contribution in [0.25, 0.3) is 0 Å². The molecule has 0 amide bonds. The average molecular weight is 292 g/mol. The molecule has 22 heavy (non-hydrogen) atoms. The second kappa shape index (κ2) is 10.6. The molecule has 0 fully saturated rings. The van der Waals surface area contributed by atoms with E-state index in [1.54, 1.807) is 0 Å². The van der Waals surface area contributed by atoms with E-state index in [0.29, 0.717) is 0 Å². The highest BCUT2D eigenvalue weighted by Gasteiger charge is 2.25. The molecule has 0 atom stereocenters. The summed E-state index contributed by atoms with van der Waals surface area (Å²) in [7, 11) is 0. The standard InChI is InChI=1S/C21H26N/c1-4-7-10-14-19-22(17-8-5-2,18-9-6-3)20-21-15-12-11-13-16-21/h1,11-13,15-16H,5-6,8-9,17-18,20H2,2-3H3/q+1. The lowest BCUT2D eigenvalue weighted by molar-refractivity contribution is -0.878. The molecule has 0 aromatic heterocycles. The lowest BCUT2D eigenvalue weighted by atomic mass is 10.1. The Hall–Kier alpha value is -2.14. The molecular weight excluding hydrogens is 266 g/mol. The van der Waals surface area contributed by atoms with Gasteiger partial charge in [-0.25, -0.2) is 4.48 Å². The zero-order chi connectivity index (χ0) is 16.1. The quantitative estimate of drug-likeness (QED) is 0.497. The van der Waals surface area contributed by atoms with Gasteiger partial charge < -0.3 is 0 Å². The highest BCUT2D eigenvalue weighted by atomic mass is 15.3. The molecule has 1 nitrogen and oxygen atoms in total. The fourth-order valence-corrected chi connectivity index (χ4v) is 2.49. The third-order valence-electron chi connectivity index (χ3n) is 3.70. The Morgan fingerprint density at radius 2 is 1.55 bits per heavy atom. The molecule has 114 valence electrons. The number of benzene rings is 1. The first-order chi connectivity index (χ1) is 10.8. The Morgan fingerprint density at radius 1 is 0.909 bits per heavy atom. The number of nitrogens with zero attached hydrogens (tertiary/aromatic N) is 1. The summed E-state index contributed by atoms with van der Waals surface area (Å²) >= 11 is 0. The first kappa shape index (κ1) is 17.9. The average Bonchev–Trinajstić information content (AvgIpc) is 2.56. The second-order valence-corrected chi connectivity index (χ2v) is 5.57. The fraction of sp³-hybridized carbons (Fsp3) is 0.429. The summed E-state index contributed by atoms with van der Waals surface area (Å²) in [6, 6.07) is 14.0. The minimum Gasteiger partial charge on any atom is -0.242 e. The Bertz CT molecular complexity index is 576. The molecule has 0 bridgehead atoms. The maximum absolute atomic E-state index is 5.17. The van der Waals surface area contributed by atoms with Crippen LogP contribution in [0.15, 0.2) is 30.3 Å². The van der Waals surface area contributed by atoms with Gasteiger partial charge in [-0.2, -0.15) is 0 Å². The van der Waals surface area contributed by atoms with Crippen molar-refractivity contribution in [1.82, 2.24) is 0 Å². The molecule has 0 saturated carbocycles. The van der Waals surface area contributed by atoms with Gasteiger partial charge in [-0.1, -0.05) is 57.0 Å². The van der Waals surface area contributed by atoms with Crippen molar-refractivity contribution < 1.29 is 4.48 Å². The van der Waals surface area contributed by atoms with Crippen LogP contribution in [0.2, 0.25) is 0 Å². The molecule has 0 N–H and O–H groups in total. The minimum atomic E-state index is 0.783. The highest BCUT2D eigenvalue weighted by molar-refractivity contribution is 5.32. The van der Waals surface area contributed by atoms with Crippen LogP contribution in [0.3, 0.4) is 0 Å². The van der Waals surface area contributed by atoms with E-state index in [-0.39, 0.29) is 0 Å². The molecule has 0 aliphatic rings. The molecule has 0 radical (unpaired) electrons. The first-order valence-electron chi connectivity index (χ1n) is 8.14. The predicted octanol–water partition coefficient (Wildman–Crippen LogP) is 4.20. The number of terminal acetylenes is 1. The third-order valence-corrected chi connectivity index (χ3v) is 3.70. The summed E-state index contributed by atoms with van der Waals surface area (Å²) in [5.41, 5.74) is 1.33. The van der Waals surface area contributed by atoms with Crippen molar-refractivity contribution in [2.45, 2.75) is 46.1 Å². The maximum atomic E-state index is 5.17. The van der Waals surface area contributed by atoms with E-state index in [1.807, 2.05) is 0 Å². The Balaban J connectivity index is 3.05. The molecule has 0 spiro atoms. The Labute approximate surface area is 136 Å². The maximum Gasteiger partial charge on any atom is 0.151 e. The fourth-order valence-electron chi connectivity index (χ4n) is 2.49. The van der Waals surface area contributed by atoms with Crippen molar-refractivity contribution >= 4 is 0 Å². The summed E-state index contributed by atoms with van der Waals surface area (Å²) in [5.74, 6) is 10.7. The largest absolute Gasteiger partial charge is 0.242 e. The van der Waals surface area contributed by atoms with Gasteiger partial charge >= 0.3 is 0 Å². The number of quaternary nitrogens is 1. The van der Waals surface area contributed by atoms with Gasteiger partial charge in [-0.05, 0) is 24.7 Å². The van der Waals surface area contributed by atoms with Crippen molar-refractivity contribution in [3.8, 4) is 36.1 Å². The van der Waals surface area contributed by atoms with Gasteiger partial charge in [0.25, 0.3) is 0 Å². The lowest BCUT2D eigenvalue weighted by Crippen LogP contribution is -2.44. The summed E-state index contributed by atoms with van der Waals surface area (Å²) in [5, 5.41) is 0. The van der Waals surface area contributed by atoms with Crippen LogP contribution in [0, 0.1) is 36.1 Å². The molecule has 1 aromatic rings. The Morgan fingerprint density at radius 3 is 2.09 bits per heavy atom. The van der Waals surface area contributed by atoms with Crippen LogP contribution in [0.1, 0.15) is 45.1 Å². The third kappa shape index (κ3) is 6.54. The van der Waals surface area contributed by atoms with Gasteiger partial charge in [-0.15, -0.1) is 6.42 Å². The van der Waals surface area contributed by atoms with E-state index < -0.39 is 0 Å². The zero-order valence-electron chi connectivity index (χ0n) is 13.9. The molecule has 0 heterocycles. The molecule has 1 aromatic carbocycles. The van der Waals surface area contributed by atoms with Gasteiger partial charge in [0.15, 0.2) is 6.04 Å². The number of hydrogen-bond acceptors (Lipinski definition) is 0. The van der Waals surface area contributed by atoms with Crippen molar-refractivity contribution in [3.63, 3.8) is 0 Å². The monoisotopic (exact) mass is 292 g/mol. The lowest BCUT2D eigenvalue weighted by Gasteiger charge is -2.32. The highest BCUT2D eigenvalue weighted by Crippen LogP contribution is 2.17. The Kier molecular flexibility index (Phi) is 8.60. The molecule has 0 aliphatic carbocycles. The van der Waals surface area contributed by atoms with E-state index in [0.717, 1.165) is 24.1 Å². The summed E-state index contributed by atoms with van der Waals surface area (Å²) in [6.45, 7) is 7.52. The molecule has 0 unspecified atom stereocenters. The van der Waals surface area contributed by atoms with E-state index in [9.17, 15) is 0 Å². The number of rotatable bonds is 8. The number of hydrogen-bond donors (Lipinski definition) is 0. The molecule has 1 heteroatoms. The van der Waals surface area contributed by atoms with Crippen molar-refractivity contribution in [2.75, 3.05) is 13.1 Å². The minimum absolute atomic E-state index is 0.783. The van der Waals surface area contributed by atoms with Crippen molar-refractivity contribution in [1.29, 1.82) is 0 Å². The van der Waals surface area contributed by atoms with Crippen molar-refractivity contribution in [2.24, 2.45) is 0 Å². The van der Waals surface area contributed by atoms with Crippen LogP contribution < -0.4 is 0 Å². The molecule has 0 aliphatic heterocycles. The van der Waals surface area contributed by atoms with Gasteiger partial charge in [0, 0.05) is 11.5 Å². The van der Waals surface area contributed by atoms with E-state index in [2.05, 4.69) is 73.9 Å². The normalized spacial score (nSPS) is 9.86. The summed E-state index contributed by atoms with van der Waals surface area (Å²) < 4.78 is 0.783. The van der Waals surface area contributed by atoms with Crippen LogP contribution in [0.5, 0.6) is 0 Å².